The normalized spacial score (nSPS) is 16.9. The lowest BCUT2D eigenvalue weighted by Gasteiger charge is -2.20. The lowest BCUT2D eigenvalue weighted by atomic mass is 10.2. The minimum absolute atomic E-state index is 0.434. The molecular formula is C11H16N4O. The number of hydrogen-bond donors (Lipinski definition) is 2. The van der Waals surface area contributed by atoms with Gasteiger partial charge in [-0.2, -0.15) is 0 Å². The van der Waals surface area contributed by atoms with Gasteiger partial charge in [-0.15, -0.1) is 0 Å². The summed E-state index contributed by atoms with van der Waals surface area (Å²) < 4.78 is 0. The number of nitrogens with one attached hydrogen (secondary N) is 1. The Morgan fingerprint density at radius 2 is 2.25 bits per heavy atom. The van der Waals surface area contributed by atoms with Crippen molar-refractivity contribution in [2.45, 2.75) is 6.42 Å². The molecule has 1 aromatic heterocycles. The number of hydrogen-bond acceptors (Lipinski definition) is 4. The van der Waals surface area contributed by atoms with E-state index in [1.54, 1.807) is 6.07 Å². The summed E-state index contributed by atoms with van der Waals surface area (Å²) in [6.45, 7) is 3.97. The molecule has 1 aromatic rings. The van der Waals surface area contributed by atoms with Crippen LogP contribution in [0.15, 0.2) is 18.3 Å². The van der Waals surface area contributed by atoms with Crippen LogP contribution in [0.4, 0.5) is 5.82 Å². The van der Waals surface area contributed by atoms with Gasteiger partial charge in [0.05, 0.1) is 5.56 Å². The third kappa shape index (κ3) is 2.49. The monoisotopic (exact) mass is 220 g/mol. The van der Waals surface area contributed by atoms with Crippen molar-refractivity contribution in [3.05, 3.63) is 23.9 Å². The molecule has 1 amide bonds. The van der Waals surface area contributed by atoms with Crippen LogP contribution in [0.25, 0.3) is 0 Å². The fourth-order valence-corrected chi connectivity index (χ4v) is 1.79. The predicted octanol–water partition coefficient (Wildman–Crippen LogP) is -0.0198. The maximum Gasteiger partial charge on any atom is 0.250 e. The summed E-state index contributed by atoms with van der Waals surface area (Å²) >= 11 is 0. The second kappa shape index (κ2) is 4.94. The molecule has 5 heteroatoms. The highest BCUT2D eigenvalue weighted by molar-refractivity contribution is 5.92. The van der Waals surface area contributed by atoms with Gasteiger partial charge in [0.15, 0.2) is 0 Å². The fraction of sp³-hybridized carbons (Fsp3) is 0.455. The Balaban J connectivity index is 2.10. The van der Waals surface area contributed by atoms with Crippen molar-refractivity contribution < 1.29 is 4.79 Å². The number of anilines is 1. The molecule has 0 atom stereocenters. The van der Waals surface area contributed by atoms with Crippen LogP contribution in [0.2, 0.25) is 0 Å². The number of aromatic nitrogens is 1. The predicted molar refractivity (Wildman–Crippen MR) is 62.5 cm³/mol. The third-order valence-electron chi connectivity index (χ3n) is 2.70. The van der Waals surface area contributed by atoms with Crippen LogP contribution in [0.1, 0.15) is 16.8 Å². The molecule has 2 rings (SSSR count). The quantitative estimate of drug-likeness (QED) is 0.735. The topological polar surface area (TPSA) is 71.2 Å². The highest BCUT2D eigenvalue weighted by Gasteiger charge is 2.10. The van der Waals surface area contributed by atoms with Crippen LogP contribution >= 0.6 is 0 Å². The molecule has 1 aliphatic heterocycles. The van der Waals surface area contributed by atoms with Crippen LogP contribution in [0, 0.1) is 0 Å². The van der Waals surface area contributed by atoms with E-state index in [1.807, 2.05) is 6.07 Å². The van der Waals surface area contributed by atoms with Gasteiger partial charge in [-0.05, 0) is 25.1 Å². The van der Waals surface area contributed by atoms with Crippen molar-refractivity contribution >= 4 is 11.7 Å². The van der Waals surface area contributed by atoms with Gasteiger partial charge in [-0.25, -0.2) is 4.98 Å². The van der Waals surface area contributed by atoms with Gasteiger partial charge in [-0.3, -0.25) is 4.79 Å². The Kier molecular flexibility index (Phi) is 3.36. The first-order valence-electron chi connectivity index (χ1n) is 5.49. The second-order valence-electron chi connectivity index (χ2n) is 3.86. The number of nitrogens with zero attached hydrogens (tertiary/aromatic N) is 2. The zero-order valence-electron chi connectivity index (χ0n) is 9.15. The maximum atomic E-state index is 10.9. The zero-order chi connectivity index (χ0) is 11.4. The van der Waals surface area contributed by atoms with Crippen molar-refractivity contribution in [1.82, 2.24) is 10.3 Å². The first-order chi connectivity index (χ1) is 7.77. The molecule has 0 saturated carbocycles. The van der Waals surface area contributed by atoms with Gasteiger partial charge >= 0.3 is 0 Å². The van der Waals surface area contributed by atoms with Crippen LogP contribution in [0.5, 0.6) is 0 Å². The van der Waals surface area contributed by atoms with Gasteiger partial charge in [0.25, 0.3) is 0 Å². The number of rotatable bonds is 2. The molecule has 0 spiro atoms. The SMILES string of the molecule is NC(=O)c1ccc(N2CCCNCC2)nc1. The Labute approximate surface area is 94.6 Å². The summed E-state index contributed by atoms with van der Waals surface area (Å²) in [4.78, 5) is 17.4. The Hall–Kier alpha value is -1.62. The number of carbonyl (C=O) groups excluding carboxylic acids is 1. The Morgan fingerprint density at radius 1 is 1.38 bits per heavy atom. The summed E-state index contributed by atoms with van der Waals surface area (Å²) in [6.07, 6.45) is 2.65. The summed E-state index contributed by atoms with van der Waals surface area (Å²) in [5.41, 5.74) is 5.62. The van der Waals surface area contributed by atoms with E-state index >= 15 is 0 Å². The molecular weight excluding hydrogens is 204 g/mol. The number of nitrogens with two attached hydrogens (primary N) is 1. The molecule has 16 heavy (non-hydrogen) atoms. The number of primary amides is 1. The highest BCUT2D eigenvalue weighted by atomic mass is 16.1. The smallest absolute Gasteiger partial charge is 0.250 e. The molecule has 0 aliphatic carbocycles. The van der Waals surface area contributed by atoms with Crippen LogP contribution in [-0.4, -0.2) is 37.1 Å². The standard InChI is InChI=1S/C11H16N4O/c12-11(16)9-2-3-10(14-8-9)15-6-1-4-13-5-7-15/h2-3,8,13H,1,4-7H2,(H2,12,16). The molecule has 1 aliphatic rings. The maximum absolute atomic E-state index is 10.9. The van der Waals surface area contributed by atoms with E-state index in [-0.39, 0.29) is 0 Å². The number of carbonyl (C=O) groups is 1. The molecule has 1 fully saturated rings. The van der Waals surface area contributed by atoms with Crippen molar-refractivity contribution in [3.8, 4) is 0 Å². The fourth-order valence-electron chi connectivity index (χ4n) is 1.79. The van der Waals surface area contributed by atoms with E-state index in [9.17, 15) is 4.79 Å². The van der Waals surface area contributed by atoms with Gasteiger partial charge < -0.3 is 16.0 Å². The average Bonchev–Trinajstić information content (AvgIpc) is 2.57. The van der Waals surface area contributed by atoms with E-state index in [0.717, 1.165) is 38.4 Å². The molecule has 0 radical (unpaired) electrons. The van der Waals surface area contributed by atoms with Crippen molar-refractivity contribution in [2.75, 3.05) is 31.1 Å². The highest BCUT2D eigenvalue weighted by Crippen LogP contribution is 2.12. The van der Waals surface area contributed by atoms with Crippen molar-refractivity contribution in [3.63, 3.8) is 0 Å². The van der Waals surface area contributed by atoms with E-state index in [0.29, 0.717) is 5.56 Å². The van der Waals surface area contributed by atoms with Crippen LogP contribution in [-0.2, 0) is 0 Å². The van der Waals surface area contributed by atoms with Crippen LogP contribution in [0.3, 0.4) is 0 Å². The number of amides is 1. The largest absolute Gasteiger partial charge is 0.366 e. The van der Waals surface area contributed by atoms with E-state index in [4.69, 9.17) is 5.73 Å². The van der Waals surface area contributed by atoms with Crippen molar-refractivity contribution in [1.29, 1.82) is 0 Å². The summed E-state index contributed by atoms with van der Waals surface area (Å²) in [5.74, 6) is 0.477. The van der Waals surface area contributed by atoms with E-state index in [2.05, 4.69) is 15.2 Å². The molecule has 1 saturated heterocycles. The van der Waals surface area contributed by atoms with Gasteiger partial charge in [0, 0.05) is 25.8 Å². The van der Waals surface area contributed by atoms with E-state index in [1.165, 1.54) is 6.20 Å². The summed E-state index contributed by atoms with van der Waals surface area (Å²) in [5, 5.41) is 3.33. The Bertz CT molecular complexity index is 355. The first kappa shape index (κ1) is 10.9. The molecule has 0 aromatic carbocycles. The lowest BCUT2D eigenvalue weighted by molar-refractivity contribution is 0.1000. The molecule has 0 bridgehead atoms. The first-order valence-corrected chi connectivity index (χ1v) is 5.49. The van der Waals surface area contributed by atoms with Gasteiger partial charge in [-0.1, -0.05) is 0 Å². The molecule has 5 nitrogen and oxygen atoms in total. The average molecular weight is 220 g/mol. The molecule has 0 unspecified atom stereocenters. The molecule has 2 heterocycles. The second-order valence-corrected chi connectivity index (χ2v) is 3.86. The molecule has 3 N–H and O–H groups in total. The third-order valence-corrected chi connectivity index (χ3v) is 2.70. The summed E-state index contributed by atoms with van der Waals surface area (Å²) in [7, 11) is 0. The van der Waals surface area contributed by atoms with E-state index < -0.39 is 5.91 Å². The minimum atomic E-state index is -0.434. The minimum Gasteiger partial charge on any atom is -0.366 e. The Morgan fingerprint density at radius 3 is 2.94 bits per heavy atom. The van der Waals surface area contributed by atoms with Crippen LogP contribution < -0.4 is 16.0 Å². The molecule has 86 valence electrons. The summed E-state index contributed by atoms with van der Waals surface area (Å²) in [6, 6.07) is 3.58. The van der Waals surface area contributed by atoms with Gasteiger partial charge in [0.1, 0.15) is 5.82 Å². The van der Waals surface area contributed by atoms with Gasteiger partial charge in [0.2, 0.25) is 5.91 Å². The van der Waals surface area contributed by atoms with Crippen molar-refractivity contribution in [2.24, 2.45) is 5.73 Å². The number of pyridine rings is 1. The lowest BCUT2D eigenvalue weighted by Crippen LogP contribution is -2.28. The zero-order valence-corrected chi connectivity index (χ0v) is 9.15.